The van der Waals surface area contributed by atoms with Gasteiger partial charge >= 0.3 is 11.9 Å². The molecule has 0 heterocycles. The zero-order chi connectivity index (χ0) is 26.1. The molecular weight excluding hydrogens is 468 g/mol. The van der Waals surface area contributed by atoms with Gasteiger partial charge < -0.3 is 43.4 Å². The molecule has 4 atom stereocenters. The third-order valence-corrected chi connectivity index (χ3v) is 5.35. The average Bonchev–Trinajstić information content (AvgIpc) is 2.79. The number of amides is 3. The molecule has 0 bridgehead atoms. The molecule has 0 saturated carbocycles. The molecule has 14 heteroatoms. The van der Waals surface area contributed by atoms with Crippen LogP contribution in [0.15, 0.2) is 0 Å². The second kappa shape index (κ2) is 18.0. The maximum Gasteiger partial charge on any atom is 0.326 e. The summed E-state index contributed by atoms with van der Waals surface area (Å²) in [4.78, 5) is 60.3. The highest BCUT2D eigenvalue weighted by Gasteiger charge is 2.30. The van der Waals surface area contributed by atoms with Crippen LogP contribution < -0.4 is 33.2 Å². The lowest BCUT2D eigenvalue weighted by Crippen LogP contribution is -2.57. The largest absolute Gasteiger partial charge is 0.481 e. The van der Waals surface area contributed by atoms with Gasteiger partial charge in [-0.05, 0) is 58.0 Å². The van der Waals surface area contributed by atoms with Gasteiger partial charge in [-0.1, -0.05) is 0 Å². The maximum absolute atomic E-state index is 12.9. The number of nitrogens with two attached hydrogens (primary N) is 3. The van der Waals surface area contributed by atoms with Gasteiger partial charge in [0.15, 0.2) is 0 Å². The molecule has 0 spiro atoms. The lowest BCUT2D eigenvalue weighted by molar-refractivity contribution is -0.142. The molecule has 13 nitrogen and oxygen atoms in total. The van der Waals surface area contributed by atoms with E-state index in [1.807, 2.05) is 0 Å². The van der Waals surface area contributed by atoms with Crippen molar-refractivity contribution < 1.29 is 34.2 Å². The van der Waals surface area contributed by atoms with Crippen molar-refractivity contribution in [3.63, 3.8) is 0 Å². The molecule has 4 unspecified atom stereocenters. The van der Waals surface area contributed by atoms with Crippen molar-refractivity contribution in [1.82, 2.24) is 16.0 Å². The molecule has 0 radical (unpaired) electrons. The van der Waals surface area contributed by atoms with Crippen LogP contribution in [0.5, 0.6) is 0 Å². The van der Waals surface area contributed by atoms with Crippen LogP contribution in [-0.4, -0.2) is 82.9 Å². The summed E-state index contributed by atoms with van der Waals surface area (Å²) >= 11 is 3.92. The fourth-order valence-electron chi connectivity index (χ4n) is 2.95. The maximum atomic E-state index is 12.9. The van der Waals surface area contributed by atoms with Crippen molar-refractivity contribution in [2.45, 2.75) is 75.5 Å². The van der Waals surface area contributed by atoms with Crippen molar-refractivity contribution in [2.75, 3.05) is 18.8 Å². The third kappa shape index (κ3) is 13.3. The van der Waals surface area contributed by atoms with Gasteiger partial charge in [0.2, 0.25) is 17.7 Å². The van der Waals surface area contributed by atoms with Crippen molar-refractivity contribution in [1.29, 1.82) is 0 Å². The van der Waals surface area contributed by atoms with E-state index in [0.29, 0.717) is 38.8 Å². The molecule has 0 aliphatic heterocycles. The fourth-order valence-corrected chi connectivity index (χ4v) is 3.12. The zero-order valence-electron chi connectivity index (χ0n) is 19.2. The number of carbonyl (C=O) groups excluding carboxylic acids is 3. The molecule has 0 saturated heterocycles. The number of aliphatic carboxylic acids is 2. The SMILES string of the molecule is NCCCCC(NC(=O)C(CCCCN)NC(=O)C(CCC(=O)O)NC(=O)C(N)CS)C(=O)O. The van der Waals surface area contributed by atoms with Crippen LogP contribution in [0.4, 0.5) is 0 Å². The number of hydrogen-bond acceptors (Lipinski definition) is 9. The third-order valence-electron chi connectivity index (χ3n) is 4.95. The van der Waals surface area contributed by atoms with Gasteiger partial charge in [-0.15, -0.1) is 0 Å². The molecule has 3 amide bonds. The molecule has 34 heavy (non-hydrogen) atoms. The Morgan fingerprint density at radius 3 is 1.59 bits per heavy atom. The van der Waals surface area contributed by atoms with Crippen molar-refractivity contribution in [3.05, 3.63) is 0 Å². The van der Waals surface area contributed by atoms with Crippen LogP contribution in [0, 0.1) is 0 Å². The topological polar surface area (TPSA) is 240 Å². The first-order valence-electron chi connectivity index (χ1n) is 11.2. The van der Waals surface area contributed by atoms with Gasteiger partial charge in [0.25, 0.3) is 0 Å². The second-order valence-electron chi connectivity index (χ2n) is 7.81. The smallest absolute Gasteiger partial charge is 0.326 e. The standard InChI is InChI=1S/C20H38N6O7S/c21-9-3-1-5-13(18(30)26-15(20(32)33)6-2-4-10-22)25-19(31)14(7-8-16(27)28)24-17(29)12(23)11-34/h12-15,34H,1-11,21-23H2,(H,24,29)(H,25,31)(H,26,30)(H,27,28)(H,32,33). The zero-order valence-corrected chi connectivity index (χ0v) is 20.1. The number of hydrogen-bond donors (Lipinski definition) is 9. The Balaban J connectivity index is 5.47. The molecular formula is C20H38N6O7S. The predicted molar refractivity (Wildman–Crippen MR) is 128 cm³/mol. The molecule has 11 N–H and O–H groups in total. The fraction of sp³-hybridized carbons (Fsp3) is 0.750. The van der Waals surface area contributed by atoms with E-state index in [1.54, 1.807) is 0 Å². The summed E-state index contributed by atoms with van der Waals surface area (Å²) in [5.41, 5.74) is 16.5. The molecule has 0 aromatic carbocycles. The summed E-state index contributed by atoms with van der Waals surface area (Å²) < 4.78 is 0. The van der Waals surface area contributed by atoms with Crippen LogP contribution in [0.25, 0.3) is 0 Å². The van der Waals surface area contributed by atoms with Crippen molar-refractivity contribution >= 4 is 42.3 Å². The molecule has 0 aliphatic rings. The van der Waals surface area contributed by atoms with E-state index in [4.69, 9.17) is 22.3 Å². The van der Waals surface area contributed by atoms with Crippen LogP contribution in [-0.2, 0) is 24.0 Å². The monoisotopic (exact) mass is 506 g/mol. The van der Waals surface area contributed by atoms with Crippen LogP contribution in [0.3, 0.4) is 0 Å². The minimum atomic E-state index is -1.26. The quantitative estimate of drug-likeness (QED) is 0.0683. The Kier molecular flexibility index (Phi) is 16.7. The first-order valence-corrected chi connectivity index (χ1v) is 11.8. The minimum Gasteiger partial charge on any atom is -0.481 e. The first kappa shape index (κ1) is 31.6. The number of rotatable bonds is 19. The van der Waals surface area contributed by atoms with E-state index < -0.39 is 60.2 Å². The summed E-state index contributed by atoms with van der Waals surface area (Å²) in [5.74, 6) is -4.58. The Hall–Kier alpha value is -2.42. The van der Waals surface area contributed by atoms with Crippen LogP contribution in [0.2, 0.25) is 0 Å². The van der Waals surface area contributed by atoms with E-state index in [9.17, 15) is 29.1 Å². The molecule has 196 valence electrons. The number of carboxylic acids is 2. The van der Waals surface area contributed by atoms with Crippen LogP contribution >= 0.6 is 12.6 Å². The predicted octanol–water partition coefficient (Wildman–Crippen LogP) is -2.09. The van der Waals surface area contributed by atoms with E-state index in [1.165, 1.54) is 0 Å². The molecule has 0 aromatic heterocycles. The number of nitrogens with one attached hydrogen (secondary N) is 3. The summed E-state index contributed by atoms with van der Waals surface area (Å²) in [7, 11) is 0. The summed E-state index contributed by atoms with van der Waals surface area (Å²) in [6.45, 7) is 0.746. The highest BCUT2D eigenvalue weighted by molar-refractivity contribution is 7.80. The number of carbonyl (C=O) groups is 5. The molecule has 0 fully saturated rings. The van der Waals surface area contributed by atoms with Crippen molar-refractivity contribution in [2.24, 2.45) is 17.2 Å². The van der Waals surface area contributed by atoms with Crippen LogP contribution in [0.1, 0.15) is 51.4 Å². The van der Waals surface area contributed by atoms with Gasteiger partial charge in [-0.25, -0.2) is 4.79 Å². The van der Waals surface area contributed by atoms with E-state index in [2.05, 4.69) is 28.6 Å². The Morgan fingerprint density at radius 1 is 0.706 bits per heavy atom. The van der Waals surface area contributed by atoms with Gasteiger partial charge in [0.05, 0.1) is 6.04 Å². The number of unbranched alkanes of at least 4 members (excludes halogenated alkanes) is 2. The van der Waals surface area contributed by atoms with Gasteiger partial charge in [-0.3, -0.25) is 19.2 Å². The highest BCUT2D eigenvalue weighted by atomic mass is 32.1. The van der Waals surface area contributed by atoms with E-state index >= 15 is 0 Å². The van der Waals surface area contributed by atoms with E-state index in [-0.39, 0.29) is 25.0 Å². The second-order valence-corrected chi connectivity index (χ2v) is 8.18. The van der Waals surface area contributed by atoms with Gasteiger partial charge in [0.1, 0.15) is 18.1 Å². The molecule has 0 aromatic rings. The Morgan fingerprint density at radius 2 is 1.15 bits per heavy atom. The number of carboxylic acid groups (broad SMARTS) is 2. The molecule has 0 aliphatic carbocycles. The first-order chi connectivity index (χ1) is 16.1. The normalized spacial score (nSPS) is 14.4. The highest BCUT2D eigenvalue weighted by Crippen LogP contribution is 2.07. The summed E-state index contributed by atoms with van der Waals surface area (Å²) in [6.07, 6.45) is 1.80. The van der Waals surface area contributed by atoms with Gasteiger partial charge in [0, 0.05) is 12.2 Å². The Labute approximate surface area is 204 Å². The van der Waals surface area contributed by atoms with Crippen molar-refractivity contribution in [3.8, 4) is 0 Å². The number of thiol groups is 1. The summed E-state index contributed by atoms with van der Waals surface area (Å²) in [6, 6.07) is -4.56. The minimum absolute atomic E-state index is 0.00392. The Bertz CT molecular complexity index is 682. The lowest BCUT2D eigenvalue weighted by atomic mass is 10.0. The van der Waals surface area contributed by atoms with E-state index in [0.717, 1.165) is 0 Å². The molecule has 0 rings (SSSR count). The summed E-state index contributed by atoms with van der Waals surface area (Å²) in [5, 5.41) is 25.7. The average molecular weight is 507 g/mol. The van der Waals surface area contributed by atoms with Gasteiger partial charge in [-0.2, -0.15) is 12.6 Å². The lowest BCUT2D eigenvalue weighted by Gasteiger charge is -2.25.